The molecular formula is C12H15F3N2O. The van der Waals surface area contributed by atoms with Crippen molar-refractivity contribution in [2.45, 2.75) is 25.2 Å². The van der Waals surface area contributed by atoms with Gasteiger partial charge in [-0.25, -0.2) is 0 Å². The molecule has 0 unspecified atom stereocenters. The summed E-state index contributed by atoms with van der Waals surface area (Å²) in [7, 11) is 1.11. The number of hydrogen-bond donors (Lipinski definition) is 0. The highest BCUT2D eigenvalue weighted by Gasteiger charge is 2.62. The number of likely N-dealkylation sites (tertiary alicyclic amines) is 1. The summed E-state index contributed by atoms with van der Waals surface area (Å²) >= 11 is 0. The van der Waals surface area contributed by atoms with Gasteiger partial charge in [-0.15, -0.1) is 0 Å². The number of hydrogen-bond acceptors (Lipinski definition) is 3. The molecule has 1 aliphatic heterocycles. The van der Waals surface area contributed by atoms with Crippen molar-refractivity contribution in [3.8, 4) is 0 Å². The highest BCUT2D eigenvalue weighted by Crippen LogP contribution is 2.40. The molecule has 1 aliphatic rings. The first-order valence-electron chi connectivity index (χ1n) is 5.62. The van der Waals surface area contributed by atoms with Crippen molar-refractivity contribution in [2.75, 3.05) is 20.2 Å². The molecule has 0 saturated carbocycles. The molecule has 0 spiro atoms. The van der Waals surface area contributed by atoms with Crippen LogP contribution in [0.5, 0.6) is 0 Å². The third kappa shape index (κ3) is 2.22. The number of alkyl halides is 3. The average Bonchev–Trinajstić information content (AvgIpc) is 2.23. The lowest BCUT2D eigenvalue weighted by Crippen LogP contribution is -2.69. The van der Waals surface area contributed by atoms with E-state index in [9.17, 15) is 13.2 Å². The second kappa shape index (κ2) is 4.51. The summed E-state index contributed by atoms with van der Waals surface area (Å²) in [6, 6.07) is 1.85. The van der Waals surface area contributed by atoms with Gasteiger partial charge in [0.2, 0.25) is 0 Å². The van der Waals surface area contributed by atoms with E-state index < -0.39 is 11.8 Å². The van der Waals surface area contributed by atoms with Gasteiger partial charge in [0.15, 0.2) is 5.60 Å². The van der Waals surface area contributed by atoms with Gasteiger partial charge in [0.25, 0.3) is 0 Å². The molecule has 0 N–H and O–H groups in total. The summed E-state index contributed by atoms with van der Waals surface area (Å²) in [6.45, 7) is 2.15. The normalized spacial score (nSPS) is 19.6. The second-order valence-corrected chi connectivity index (χ2v) is 4.64. The third-order valence-corrected chi connectivity index (χ3v) is 3.41. The molecule has 1 aromatic rings. The Morgan fingerprint density at radius 3 is 2.61 bits per heavy atom. The number of aromatic nitrogens is 1. The topological polar surface area (TPSA) is 25.4 Å². The Hall–Kier alpha value is -1.14. The van der Waals surface area contributed by atoms with Gasteiger partial charge < -0.3 is 4.74 Å². The molecule has 0 bridgehead atoms. The zero-order valence-corrected chi connectivity index (χ0v) is 10.3. The first kappa shape index (κ1) is 13.3. The van der Waals surface area contributed by atoms with Gasteiger partial charge in [0.1, 0.15) is 0 Å². The number of pyridine rings is 1. The highest BCUT2D eigenvalue weighted by atomic mass is 19.4. The smallest absolute Gasteiger partial charge is 0.366 e. The van der Waals surface area contributed by atoms with Gasteiger partial charge in [-0.2, -0.15) is 13.2 Å². The van der Waals surface area contributed by atoms with E-state index >= 15 is 0 Å². The molecule has 18 heavy (non-hydrogen) atoms. The Morgan fingerprint density at radius 1 is 1.44 bits per heavy atom. The summed E-state index contributed by atoms with van der Waals surface area (Å²) in [5.74, 6) is 0. The largest absolute Gasteiger partial charge is 0.419 e. The molecule has 0 aliphatic carbocycles. The van der Waals surface area contributed by atoms with Crippen LogP contribution in [0.25, 0.3) is 0 Å². The average molecular weight is 260 g/mol. The van der Waals surface area contributed by atoms with Crippen LogP contribution in [0.4, 0.5) is 13.2 Å². The summed E-state index contributed by atoms with van der Waals surface area (Å²) in [6.07, 6.45) is -0.956. The molecule has 100 valence electrons. The first-order chi connectivity index (χ1) is 8.38. The number of methoxy groups -OCH3 is 1. The van der Waals surface area contributed by atoms with Gasteiger partial charge in [0.05, 0.1) is 0 Å². The second-order valence-electron chi connectivity index (χ2n) is 4.64. The lowest BCUT2D eigenvalue weighted by atomic mass is 9.92. The van der Waals surface area contributed by atoms with Crippen LogP contribution < -0.4 is 0 Å². The van der Waals surface area contributed by atoms with E-state index in [1.807, 2.05) is 13.0 Å². The van der Waals surface area contributed by atoms with Crippen molar-refractivity contribution in [3.63, 3.8) is 0 Å². The van der Waals surface area contributed by atoms with Crippen molar-refractivity contribution in [2.24, 2.45) is 0 Å². The van der Waals surface area contributed by atoms with Crippen molar-refractivity contribution < 1.29 is 17.9 Å². The zero-order valence-electron chi connectivity index (χ0n) is 10.3. The van der Waals surface area contributed by atoms with Gasteiger partial charge in [-0.05, 0) is 24.1 Å². The van der Waals surface area contributed by atoms with Gasteiger partial charge >= 0.3 is 6.18 Å². The van der Waals surface area contributed by atoms with Crippen LogP contribution in [0.3, 0.4) is 0 Å². The maximum Gasteiger partial charge on any atom is 0.419 e. The van der Waals surface area contributed by atoms with Crippen LogP contribution in [-0.4, -0.2) is 41.9 Å². The van der Waals surface area contributed by atoms with Crippen molar-refractivity contribution >= 4 is 0 Å². The fraction of sp³-hybridized carbons (Fsp3) is 0.583. The third-order valence-electron chi connectivity index (χ3n) is 3.41. The SMILES string of the molecule is COC1(C(F)(F)F)CN(Cc2cnccc2C)C1. The molecule has 0 amide bonds. The van der Waals surface area contributed by atoms with Crippen LogP contribution in [0, 0.1) is 6.92 Å². The Labute approximate surface area is 104 Å². The van der Waals surface area contributed by atoms with Crippen LogP contribution >= 0.6 is 0 Å². The molecular weight excluding hydrogens is 245 g/mol. The van der Waals surface area contributed by atoms with Gasteiger partial charge in [-0.3, -0.25) is 9.88 Å². The van der Waals surface area contributed by atoms with Crippen molar-refractivity contribution in [1.29, 1.82) is 0 Å². The van der Waals surface area contributed by atoms with E-state index in [2.05, 4.69) is 9.72 Å². The summed E-state index contributed by atoms with van der Waals surface area (Å²) in [4.78, 5) is 5.69. The number of aryl methyl sites for hydroxylation is 1. The molecule has 0 aromatic carbocycles. The van der Waals surface area contributed by atoms with E-state index in [4.69, 9.17) is 0 Å². The van der Waals surface area contributed by atoms with E-state index in [1.54, 1.807) is 17.3 Å². The van der Waals surface area contributed by atoms with Crippen molar-refractivity contribution in [3.05, 3.63) is 29.6 Å². The van der Waals surface area contributed by atoms with Crippen molar-refractivity contribution in [1.82, 2.24) is 9.88 Å². The lowest BCUT2D eigenvalue weighted by molar-refractivity contribution is -0.312. The monoisotopic (exact) mass is 260 g/mol. The molecule has 0 atom stereocenters. The molecule has 3 nitrogen and oxygen atoms in total. The fourth-order valence-electron chi connectivity index (χ4n) is 2.12. The Kier molecular flexibility index (Phi) is 3.33. The Balaban J connectivity index is 2.00. The maximum atomic E-state index is 12.8. The highest BCUT2D eigenvalue weighted by molar-refractivity contribution is 5.22. The molecule has 0 radical (unpaired) electrons. The van der Waals surface area contributed by atoms with E-state index in [1.165, 1.54) is 0 Å². The molecule has 1 saturated heterocycles. The van der Waals surface area contributed by atoms with Crippen LogP contribution in [0.1, 0.15) is 11.1 Å². The molecule has 1 aromatic heterocycles. The van der Waals surface area contributed by atoms with Gasteiger partial charge in [-0.1, -0.05) is 0 Å². The maximum absolute atomic E-state index is 12.8. The number of nitrogens with zero attached hydrogens (tertiary/aromatic N) is 2. The van der Waals surface area contributed by atoms with Gasteiger partial charge in [0, 0.05) is 39.1 Å². The first-order valence-corrected chi connectivity index (χ1v) is 5.62. The predicted octanol–water partition coefficient (Wildman–Crippen LogP) is 2.15. The molecule has 2 rings (SSSR count). The number of rotatable bonds is 3. The predicted molar refractivity (Wildman–Crippen MR) is 60.0 cm³/mol. The summed E-state index contributed by atoms with van der Waals surface area (Å²) in [5.41, 5.74) is -0.0142. The quantitative estimate of drug-likeness (QED) is 0.832. The van der Waals surface area contributed by atoms with E-state index in [0.29, 0.717) is 6.54 Å². The lowest BCUT2D eigenvalue weighted by Gasteiger charge is -2.49. The van der Waals surface area contributed by atoms with Crippen LogP contribution in [-0.2, 0) is 11.3 Å². The van der Waals surface area contributed by atoms with Crippen LogP contribution in [0.2, 0.25) is 0 Å². The minimum Gasteiger partial charge on any atom is -0.366 e. The van der Waals surface area contributed by atoms with Crippen LogP contribution in [0.15, 0.2) is 18.5 Å². The van der Waals surface area contributed by atoms with E-state index in [-0.39, 0.29) is 13.1 Å². The van der Waals surface area contributed by atoms with E-state index in [0.717, 1.165) is 18.2 Å². The Morgan fingerprint density at radius 2 is 2.11 bits per heavy atom. The minimum absolute atomic E-state index is 0.124. The molecule has 2 heterocycles. The summed E-state index contributed by atoms with van der Waals surface area (Å²) < 4.78 is 43.0. The minimum atomic E-state index is -4.32. The standard InChI is InChI=1S/C12H15F3N2O/c1-9-3-4-16-5-10(9)6-17-7-11(8-17,18-2)12(13,14)15/h3-5H,6-8H2,1-2H3. The molecule has 6 heteroatoms. The summed E-state index contributed by atoms with van der Waals surface area (Å²) in [5, 5.41) is 0. The number of ether oxygens (including phenoxy) is 1. The zero-order chi connectivity index (χ0) is 13.4. The molecule has 1 fully saturated rings. The fourth-order valence-corrected chi connectivity index (χ4v) is 2.12. The number of halogens is 3. The Bertz CT molecular complexity index is 428.